The van der Waals surface area contributed by atoms with Crippen LogP contribution in [0.4, 0.5) is 5.69 Å². The number of hydrogen-bond acceptors (Lipinski definition) is 5. The molecule has 0 spiro atoms. The SMILES string of the molecule is CCOC(=O)C(CC)Oc1c(Cl)cccc1[N+](=O)[O-]. The summed E-state index contributed by atoms with van der Waals surface area (Å²) < 4.78 is 10.2. The molecule has 0 bridgehead atoms. The van der Waals surface area contributed by atoms with Gasteiger partial charge in [-0.15, -0.1) is 0 Å². The van der Waals surface area contributed by atoms with Crippen LogP contribution >= 0.6 is 11.6 Å². The summed E-state index contributed by atoms with van der Waals surface area (Å²) in [5.41, 5.74) is -0.282. The summed E-state index contributed by atoms with van der Waals surface area (Å²) in [4.78, 5) is 21.9. The normalized spacial score (nSPS) is 11.7. The van der Waals surface area contributed by atoms with Crippen LogP contribution in [0.3, 0.4) is 0 Å². The van der Waals surface area contributed by atoms with Gasteiger partial charge in [0.1, 0.15) is 0 Å². The summed E-state index contributed by atoms with van der Waals surface area (Å²) in [5.74, 6) is -0.687. The molecule has 1 atom stereocenters. The Balaban J connectivity index is 3.03. The summed E-state index contributed by atoms with van der Waals surface area (Å²) in [7, 11) is 0. The standard InChI is InChI=1S/C12H14ClNO5/c1-3-10(12(15)18-4-2)19-11-8(13)6-5-7-9(11)14(16)17/h5-7,10H,3-4H2,1-2H3. The number of halogens is 1. The first-order chi connectivity index (χ1) is 9.01. The molecule has 1 unspecified atom stereocenters. The molecule has 0 saturated heterocycles. The second-order valence-electron chi connectivity index (χ2n) is 3.61. The third kappa shape index (κ3) is 3.82. The van der Waals surface area contributed by atoms with E-state index in [4.69, 9.17) is 21.1 Å². The van der Waals surface area contributed by atoms with E-state index in [1.807, 2.05) is 0 Å². The third-order valence-electron chi connectivity index (χ3n) is 2.32. The zero-order chi connectivity index (χ0) is 14.4. The topological polar surface area (TPSA) is 78.7 Å². The Bertz CT molecular complexity index is 477. The summed E-state index contributed by atoms with van der Waals surface area (Å²) >= 11 is 5.87. The van der Waals surface area contributed by atoms with Gasteiger partial charge in [-0.25, -0.2) is 4.79 Å². The molecule has 0 amide bonds. The van der Waals surface area contributed by atoms with Crippen LogP contribution < -0.4 is 4.74 Å². The summed E-state index contributed by atoms with van der Waals surface area (Å²) in [6.07, 6.45) is -0.597. The molecule has 0 aliphatic heterocycles. The first kappa shape index (κ1) is 15.2. The van der Waals surface area contributed by atoms with Crippen LogP contribution in [0.5, 0.6) is 5.75 Å². The van der Waals surface area contributed by atoms with Gasteiger partial charge in [0.05, 0.1) is 16.6 Å². The van der Waals surface area contributed by atoms with E-state index < -0.39 is 17.0 Å². The van der Waals surface area contributed by atoms with E-state index in [2.05, 4.69) is 0 Å². The minimum atomic E-state index is -0.918. The van der Waals surface area contributed by atoms with Crippen molar-refractivity contribution in [3.63, 3.8) is 0 Å². The van der Waals surface area contributed by atoms with Gasteiger partial charge in [0.25, 0.3) is 0 Å². The molecular weight excluding hydrogens is 274 g/mol. The van der Waals surface area contributed by atoms with Gasteiger partial charge in [0.2, 0.25) is 5.75 Å². The van der Waals surface area contributed by atoms with Crippen molar-refractivity contribution >= 4 is 23.3 Å². The van der Waals surface area contributed by atoms with E-state index >= 15 is 0 Å². The molecular formula is C12H14ClNO5. The first-order valence-electron chi connectivity index (χ1n) is 5.77. The number of carbonyl (C=O) groups is 1. The predicted molar refractivity (Wildman–Crippen MR) is 69.4 cm³/mol. The number of para-hydroxylation sites is 1. The van der Waals surface area contributed by atoms with Crippen LogP contribution in [0.15, 0.2) is 18.2 Å². The smallest absolute Gasteiger partial charge is 0.347 e. The number of nitro benzene ring substituents is 1. The van der Waals surface area contributed by atoms with Crippen molar-refractivity contribution < 1.29 is 19.2 Å². The largest absolute Gasteiger partial charge is 0.470 e. The average Bonchev–Trinajstić information content (AvgIpc) is 2.37. The van der Waals surface area contributed by atoms with Gasteiger partial charge < -0.3 is 9.47 Å². The maximum atomic E-state index is 11.6. The lowest BCUT2D eigenvalue weighted by molar-refractivity contribution is -0.386. The van der Waals surface area contributed by atoms with E-state index in [0.717, 1.165) is 0 Å². The molecule has 0 heterocycles. The second kappa shape index (κ2) is 6.94. The van der Waals surface area contributed by atoms with Crippen molar-refractivity contribution in [2.24, 2.45) is 0 Å². The molecule has 6 nitrogen and oxygen atoms in total. The average molecular weight is 288 g/mol. The summed E-state index contributed by atoms with van der Waals surface area (Å²) in [5, 5.41) is 11.0. The monoisotopic (exact) mass is 287 g/mol. The number of ether oxygens (including phenoxy) is 2. The zero-order valence-corrected chi connectivity index (χ0v) is 11.3. The van der Waals surface area contributed by atoms with Crippen molar-refractivity contribution in [3.05, 3.63) is 33.3 Å². The lowest BCUT2D eigenvalue weighted by Crippen LogP contribution is -2.29. The Morgan fingerprint density at radius 1 is 1.47 bits per heavy atom. The quantitative estimate of drug-likeness (QED) is 0.456. The Hall–Kier alpha value is -1.82. The van der Waals surface area contributed by atoms with Crippen LogP contribution in [0.25, 0.3) is 0 Å². The number of nitrogens with zero attached hydrogens (tertiary/aromatic N) is 1. The number of nitro groups is 1. The summed E-state index contributed by atoms with van der Waals surface area (Å²) in [6, 6.07) is 4.17. The van der Waals surface area contributed by atoms with Crippen molar-refractivity contribution in [3.8, 4) is 5.75 Å². The minimum absolute atomic E-state index is 0.0805. The molecule has 104 valence electrons. The highest BCUT2D eigenvalue weighted by Crippen LogP contribution is 2.35. The molecule has 1 aromatic rings. The van der Waals surface area contributed by atoms with E-state index in [1.165, 1.54) is 18.2 Å². The van der Waals surface area contributed by atoms with Gasteiger partial charge in [0, 0.05) is 6.07 Å². The Morgan fingerprint density at radius 3 is 2.68 bits per heavy atom. The van der Waals surface area contributed by atoms with Gasteiger partial charge in [-0.3, -0.25) is 10.1 Å². The number of carbonyl (C=O) groups excluding carboxylic acids is 1. The fourth-order valence-electron chi connectivity index (χ4n) is 1.43. The fraction of sp³-hybridized carbons (Fsp3) is 0.417. The van der Waals surface area contributed by atoms with Gasteiger partial charge >= 0.3 is 11.7 Å². The molecule has 0 saturated carbocycles. The van der Waals surface area contributed by atoms with Crippen LogP contribution in [0, 0.1) is 10.1 Å². The summed E-state index contributed by atoms with van der Waals surface area (Å²) in [6.45, 7) is 3.59. The van der Waals surface area contributed by atoms with Crippen LogP contribution in [-0.2, 0) is 9.53 Å². The highest BCUT2D eigenvalue weighted by Gasteiger charge is 2.26. The van der Waals surface area contributed by atoms with Gasteiger partial charge in [0.15, 0.2) is 6.10 Å². The molecule has 0 aliphatic carbocycles. The molecule has 0 fully saturated rings. The molecule has 19 heavy (non-hydrogen) atoms. The van der Waals surface area contributed by atoms with Crippen molar-refractivity contribution in [2.75, 3.05) is 6.61 Å². The van der Waals surface area contributed by atoms with Gasteiger partial charge in [-0.2, -0.15) is 0 Å². The second-order valence-corrected chi connectivity index (χ2v) is 4.02. The Labute approximate surface area is 115 Å². The van der Waals surface area contributed by atoms with Crippen molar-refractivity contribution in [1.29, 1.82) is 0 Å². The maximum absolute atomic E-state index is 11.6. The molecule has 1 rings (SSSR count). The van der Waals surface area contributed by atoms with Gasteiger partial charge in [-0.1, -0.05) is 24.6 Å². The number of benzene rings is 1. The first-order valence-corrected chi connectivity index (χ1v) is 6.15. The predicted octanol–water partition coefficient (Wildman–Crippen LogP) is 2.97. The highest BCUT2D eigenvalue weighted by atomic mass is 35.5. The van der Waals surface area contributed by atoms with Crippen LogP contribution in [-0.4, -0.2) is 23.6 Å². The fourth-order valence-corrected chi connectivity index (χ4v) is 1.65. The van der Waals surface area contributed by atoms with E-state index in [9.17, 15) is 14.9 Å². The van der Waals surface area contributed by atoms with Crippen LogP contribution in [0.1, 0.15) is 20.3 Å². The molecule has 0 aliphatic rings. The highest BCUT2D eigenvalue weighted by molar-refractivity contribution is 6.32. The minimum Gasteiger partial charge on any atom is -0.470 e. The lowest BCUT2D eigenvalue weighted by atomic mass is 10.2. The number of hydrogen-bond donors (Lipinski definition) is 0. The molecule has 1 aromatic carbocycles. The lowest BCUT2D eigenvalue weighted by Gasteiger charge is -2.16. The Kier molecular flexibility index (Phi) is 5.57. The molecule has 0 aromatic heterocycles. The molecule has 0 N–H and O–H groups in total. The van der Waals surface area contributed by atoms with E-state index in [-0.39, 0.29) is 23.1 Å². The Morgan fingerprint density at radius 2 is 2.16 bits per heavy atom. The van der Waals surface area contributed by atoms with E-state index in [0.29, 0.717) is 6.42 Å². The number of esters is 1. The number of rotatable bonds is 6. The van der Waals surface area contributed by atoms with Crippen molar-refractivity contribution in [2.45, 2.75) is 26.4 Å². The molecule has 0 radical (unpaired) electrons. The van der Waals surface area contributed by atoms with E-state index in [1.54, 1.807) is 13.8 Å². The van der Waals surface area contributed by atoms with Crippen molar-refractivity contribution in [1.82, 2.24) is 0 Å². The third-order valence-corrected chi connectivity index (χ3v) is 2.62. The van der Waals surface area contributed by atoms with Gasteiger partial charge in [-0.05, 0) is 19.4 Å². The van der Waals surface area contributed by atoms with Crippen LogP contribution in [0.2, 0.25) is 5.02 Å². The molecule has 7 heteroatoms. The zero-order valence-electron chi connectivity index (χ0n) is 10.6. The maximum Gasteiger partial charge on any atom is 0.347 e.